The van der Waals surface area contributed by atoms with Gasteiger partial charge < -0.3 is 9.32 Å². The smallest absolute Gasteiger partial charge is 0.247 e. The van der Waals surface area contributed by atoms with E-state index in [-0.39, 0.29) is 0 Å². The van der Waals surface area contributed by atoms with Crippen LogP contribution in [0, 0.1) is 0 Å². The summed E-state index contributed by atoms with van der Waals surface area (Å²) in [6.07, 6.45) is 4.52. The lowest BCUT2D eigenvalue weighted by atomic mass is 10.1. The number of anilines is 1. The van der Waals surface area contributed by atoms with Crippen LogP contribution in [0.3, 0.4) is 0 Å². The van der Waals surface area contributed by atoms with Crippen LogP contribution in [0.25, 0.3) is 11.5 Å². The second-order valence-corrected chi connectivity index (χ2v) is 6.96. The van der Waals surface area contributed by atoms with Crippen LogP contribution in [0.2, 0.25) is 0 Å². The van der Waals surface area contributed by atoms with Gasteiger partial charge in [0.2, 0.25) is 11.8 Å². The van der Waals surface area contributed by atoms with Crippen molar-refractivity contribution in [3.8, 4) is 11.5 Å². The number of rotatable bonds is 5. The van der Waals surface area contributed by atoms with Gasteiger partial charge in [-0.05, 0) is 42.8 Å². The van der Waals surface area contributed by atoms with Crippen molar-refractivity contribution in [2.75, 3.05) is 32.1 Å². The first-order valence-electron chi connectivity index (χ1n) is 8.91. The Kier molecular flexibility index (Phi) is 4.67. The summed E-state index contributed by atoms with van der Waals surface area (Å²) < 4.78 is 5.91. The van der Waals surface area contributed by atoms with Crippen LogP contribution in [-0.4, -0.2) is 47.3 Å². The normalized spacial score (nSPS) is 17.5. The van der Waals surface area contributed by atoms with Crippen molar-refractivity contribution in [2.24, 2.45) is 0 Å². The lowest BCUT2D eigenvalue weighted by Gasteiger charge is -2.17. The average Bonchev–Trinajstić information content (AvgIpc) is 3.32. The summed E-state index contributed by atoms with van der Waals surface area (Å²) in [6, 6.07) is 12.5. The highest BCUT2D eigenvalue weighted by Gasteiger charge is 2.28. The molecule has 3 aromatic rings. The summed E-state index contributed by atoms with van der Waals surface area (Å²) >= 11 is 0. The molecule has 0 bridgehead atoms. The predicted molar refractivity (Wildman–Crippen MR) is 101 cm³/mol. The van der Waals surface area contributed by atoms with E-state index in [1.807, 2.05) is 12.1 Å². The van der Waals surface area contributed by atoms with Crippen molar-refractivity contribution in [3.05, 3.63) is 60.2 Å². The van der Waals surface area contributed by atoms with Gasteiger partial charge in [-0.2, -0.15) is 0 Å². The third-order valence-corrected chi connectivity index (χ3v) is 4.85. The first-order valence-corrected chi connectivity index (χ1v) is 8.91. The summed E-state index contributed by atoms with van der Waals surface area (Å²) in [5.74, 6) is 1.61. The molecule has 1 aliphatic heterocycles. The van der Waals surface area contributed by atoms with Crippen molar-refractivity contribution >= 4 is 5.69 Å². The van der Waals surface area contributed by atoms with Crippen LogP contribution in [-0.2, 0) is 6.54 Å². The van der Waals surface area contributed by atoms with E-state index >= 15 is 0 Å². The van der Waals surface area contributed by atoms with Crippen molar-refractivity contribution in [2.45, 2.75) is 18.9 Å². The first kappa shape index (κ1) is 16.7. The van der Waals surface area contributed by atoms with Crippen LogP contribution in [0.4, 0.5) is 5.69 Å². The van der Waals surface area contributed by atoms with Gasteiger partial charge in [-0.25, -0.2) is 0 Å². The Morgan fingerprint density at radius 2 is 1.85 bits per heavy atom. The van der Waals surface area contributed by atoms with Crippen molar-refractivity contribution < 1.29 is 4.42 Å². The molecule has 6 heteroatoms. The SMILES string of the molecule is CN(C)c1ccc(CN2CCC(c3nnc(-c4ccncc4)o3)C2)cc1. The Bertz CT molecular complexity index is 844. The summed E-state index contributed by atoms with van der Waals surface area (Å²) in [5, 5.41) is 8.48. The Morgan fingerprint density at radius 1 is 1.08 bits per heavy atom. The molecule has 0 amide bonds. The number of likely N-dealkylation sites (tertiary alicyclic amines) is 1. The average molecular weight is 349 g/mol. The lowest BCUT2D eigenvalue weighted by Crippen LogP contribution is -2.20. The van der Waals surface area contributed by atoms with Crippen LogP contribution < -0.4 is 4.90 Å². The summed E-state index contributed by atoms with van der Waals surface area (Å²) in [5.41, 5.74) is 3.47. The fraction of sp³-hybridized carbons (Fsp3) is 0.350. The number of hydrogen-bond acceptors (Lipinski definition) is 6. The highest BCUT2D eigenvalue weighted by molar-refractivity contribution is 5.50. The van der Waals surface area contributed by atoms with E-state index in [1.54, 1.807) is 12.4 Å². The standard InChI is InChI=1S/C20H23N5O/c1-24(2)18-5-3-15(4-6-18)13-25-12-9-17(14-25)20-23-22-19(26-20)16-7-10-21-11-8-16/h3-8,10-11,17H,9,12-14H2,1-2H3. The molecule has 1 unspecified atom stereocenters. The highest BCUT2D eigenvalue weighted by Crippen LogP contribution is 2.29. The Morgan fingerprint density at radius 3 is 2.58 bits per heavy atom. The van der Waals surface area contributed by atoms with Gasteiger partial charge in [0.1, 0.15) is 0 Å². The third kappa shape index (κ3) is 3.60. The molecule has 1 fully saturated rings. The number of benzene rings is 1. The fourth-order valence-corrected chi connectivity index (χ4v) is 3.35. The molecule has 26 heavy (non-hydrogen) atoms. The molecule has 134 valence electrons. The molecule has 2 aromatic heterocycles. The molecule has 0 aliphatic carbocycles. The third-order valence-electron chi connectivity index (χ3n) is 4.85. The molecule has 6 nitrogen and oxygen atoms in total. The van der Waals surface area contributed by atoms with Crippen LogP contribution in [0.15, 0.2) is 53.2 Å². The molecular weight excluding hydrogens is 326 g/mol. The van der Waals surface area contributed by atoms with Crippen LogP contribution in [0.5, 0.6) is 0 Å². The van der Waals surface area contributed by atoms with Crippen molar-refractivity contribution in [1.29, 1.82) is 0 Å². The molecule has 1 aliphatic rings. The molecule has 0 radical (unpaired) electrons. The minimum absolute atomic E-state index is 0.305. The molecule has 3 heterocycles. The summed E-state index contributed by atoms with van der Waals surface area (Å²) in [7, 11) is 4.12. The Hall–Kier alpha value is -2.73. The zero-order valence-corrected chi connectivity index (χ0v) is 15.2. The van der Waals surface area contributed by atoms with Crippen molar-refractivity contribution in [3.63, 3.8) is 0 Å². The van der Waals surface area contributed by atoms with E-state index in [0.29, 0.717) is 11.8 Å². The molecule has 0 saturated carbocycles. The molecule has 0 spiro atoms. The molecular formula is C20H23N5O. The molecule has 1 aromatic carbocycles. The van der Waals surface area contributed by atoms with E-state index < -0.39 is 0 Å². The maximum absolute atomic E-state index is 5.91. The van der Waals surface area contributed by atoms with Crippen molar-refractivity contribution in [1.82, 2.24) is 20.1 Å². The second kappa shape index (κ2) is 7.25. The van der Waals surface area contributed by atoms with Crippen LogP contribution >= 0.6 is 0 Å². The van der Waals surface area contributed by atoms with Gasteiger partial charge >= 0.3 is 0 Å². The van der Waals surface area contributed by atoms with Gasteiger partial charge in [-0.3, -0.25) is 9.88 Å². The second-order valence-electron chi connectivity index (χ2n) is 6.96. The lowest BCUT2D eigenvalue weighted by molar-refractivity contribution is 0.320. The van der Waals surface area contributed by atoms with Crippen LogP contribution in [0.1, 0.15) is 23.8 Å². The fourth-order valence-electron chi connectivity index (χ4n) is 3.35. The Balaban J connectivity index is 1.39. The topological polar surface area (TPSA) is 58.3 Å². The Labute approximate surface area is 153 Å². The minimum atomic E-state index is 0.305. The zero-order valence-electron chi connectivity index (χ0n) is 15.2. The predicted octanol–water partition coefficient (Wildman–Crippen LogP) is 3.19. The molecule has 4 rings (SSSR count). The van der Waals surface area contributed by atoms with E-state index in [1.165, 1.54) is 11.3 Å². The summed E-state index contributed by atoms with van der Waals surface area (Å²) in [4.78, 5) is 8.59. The van der Waals surface area contributed by atoms with E-state index in [0.717, 1.165) is 37.5 Å². The maximum Gasteiger partial charge on any atom is 0.247 e. The number of aromatic nitrogens is 3. The summed E-state index contributed by atoms with van der Waals surface area (Å²) in [6.45, 7) is 2.95. The van der Waals surface area contributed by atoms with Gasteiger partial charge in [-0.1, -0.05) is 12.1 Å². The molecule has 0 N–H and O–H groups in total. The largest absolute Gasteiger partial charge is 0.420 e. The van der Waals surface area contributed by atoms with Gasteiger partial charge in [0.05, 0.1) is 5.92 Å². The first-order chi connectivity index (χ1) is 12.7. The van der Waals surface area contributed by atoms with E-state index in [4.69, 9.17) is 4.42 Å². The maximum atomic E-state index is 5.91. The van der Waals surface area contributed by atoms with Gasteiger partial charge in [0.25, 0.3) is 0 Å². The molecule has 1 atom stereocenters. The van der Waals surface area contributed by atoms with E-state index in [9.17, 15) is 0 Å². The van der Waals surface area contributed by atoms with E-state index in [2.05, 4.69) is 63.3 Å². The van der Waals surface area contributed by atoms with Gasteiger partial charge in [0.15, 0.2) is 0 Å². The van der Waals surface area contributed by atoms with Gasteiger partial charge in [-0.15, -0.1) is 10.2 Å². The monoisotopic (exact) mass is 349 g/mol. The molecule has 1 saturated heterocycles. The highest BCUT2D eigenvalue weighted by atomic mass is 16.4. The number of hydrogen-bond donors (Lipinski definition) is 0. The minimum Gasteiger partial charge on any atom is -0.420 e. The van der Waals surface area contributed by atoms with Gasteiger partial charge in [0, 0.05) is 50.8 Å². The quantitative estimate of drug-likeness (QED) is 0.705. The number of pyridine rings is 1. The zero-order chi connectivity index (χ0) is 17.9. The number of nitrogens with zero attached hydrogens (tertiary/aromatic N) is 5.